The quantitative estimate of drug-likeness (QED) is 0.907. The topological polar surface area (TPSA) is 93.9 Å². The SMILES string of the molecule is N#Cc1cnn(C(=O)[C@H]2CC[C@@H](c3ccccc3)O2)c1N. The van der Waals surface area contributed by atoms with Gasteiger partial charge < -0.3 is 10.5 Å². The number of nitrogen functional groups attached to an aromatic ring is 1. The molecule has 0 saturated carbocycles. The van der Waals surface area contributed by atoms with Gasteiger partial charge in [-0.3, -0.25) is 4.79 Å². The summed E-state index contributed by atoms with van der Waals surface area (Å²) in [6.45, 7) is 0. The van der Waals surface area contributed by atoms with Crippen LogP contribution in [0.2, 0.25) is 0 Å². The van der Waals surface area contributed by atoms with Crippen LogP contribution in [0.1, 0.15) is 34.9 Å². The highest BCUT2D eigenvalue weighted by molar-refractivity contribution is 5.86. The zero-order valence-electron chi connectivity index (χ0n) is 11.3. The van der Waals surface area contributed by atoms with E-state index in [9.17, 15) is 4.79 Å². The van der Waals surface area contributed by atoms with E-state index >= 15 is 0 Å². The van der Waals surface area contributed by atoms with Crippen molar-refractivity contribution in [1.82, 2.24) is 9.78 Å². The van der Waals surface area contributed by atoms with E-state index in [1.807, 2.05) is 36.4 Å². The van der Waals surface area contributed by atoms with Crippen molar-refractivity contribution in [3.63, 3.8) is 0 Å². The maximum Gasteiger partial charge on any atom is 0.277 e. The number of hydrogen-bond acceptors (Lipinski definition) is 5. The molecule has 0 radical (unpaired) electrons. The molecule has 6 nitrogen and oxygen atoms in total. The van der Waals surface area contributed by atoms with Gasteiger partial charge in [-0.15, -0.1) is 0 Å². The van der Waals surface area contributed by atoms with Gasteiger partial charge in [0.15, 0.2) is 0 Å². The number of hydrogen-bond donors (Lipinski definition) is 1. The smallest absolute Gasteiger partial charge is 0.277 e. The fourth-order valence-electron chi connectivity index (χ4n) is 2.49. The van der Waals surface area contributed by atoms with E-state index in [1.54, 1.807) is 0 Å². The van der Waals surface area contributed by atoms with Crippen LogP contribution in [0.15, 0.2) is 36.5 Å². The number of aromatic nitrogens is 2. The molecule has 0 spiro atoms. The van der Waals surface area contributed by atoms with Gasteiger partial charge in [-0.2, -0.15) is 15.0 Å². The lowest BCUT2D eigenvalue weighted by molar-refractivity contribution is 0.0291. The lowest BCUT2D eigenvalue weighted by atomic mass is 10.1. The van der Waals surface area contributed by atoms with Crippen LogP contribution in [-0.2, 0) is 4.74 Å². The average Bonchev–Trinajstić information content (AvgIpc) is 3.14. The molecule has 0 unspecified atom stereocenters. The molecule has 0 amide bonds. The first-order chi connectivity index (χ1) is 10.2. The molecule has 2 aromatic rings. The highest BCUT2D eigenvalue weighted by Gasteiger charge is 2.33. The lowest BCUT2D eigenvalue weighted by Gasteiger charge is -2.13. The predicted molar refractivity (Wildman–Crippen MR) is 75.3 cm³/mol. The molecular formula is C15H14N4O2. The molecule has 2 heterocycles. The largest absolute Gasteiger partial charge is 0.382 e. The molecule has 1 aliphatic rings. The highest BCUT2D eigenvalue weighted by Crippen LogP contribution is 2.33. The second-order valence-electron chi connectivity index (χ2n) is 4.91. The van der Waals surface area contributed by atoms with Gasteiger partial charge in [0.05, 0.1) is 12.3 Å². The number of carbonyl (C=O) groups excluding carboxylic acids is 1. The summed E-state index contributed by atoms with van der Waals surface area (Å²) in [7, 11) is 0. The van der Waals surface area contributed by atoms with E-state index in [4.69, 9.17) is 15.7 Å². The maximum absolute atomic E-state index is 12.4. The Morgan fingerprint density at radius 3 is 2.81 bits per heavy atom. The van der Waals surface area contributed by atoms with Gasteiger partial charge in [-0.25, -0.2) is 0 Å². The summed E-state index contributed by atoms with van der Waals surface area (Å²) >= 11 is 0. The summed E-state index contributed by atoms with van der Waals surface area (Å²) in [5.74, 6) is -0.262. The molecule has 0 aliphatic carbocycles. The molecule has 1 fully saturated rings. The van der Waals surface area contributed by atoms with Crippen molar-refractivity contribution in [2.24, 2.45) is 0 Å². The maximum atomic E-state index is 12.4. The predicted octanol–water partition coefficient (Wildman–Crippen LogP) is 1.90. The summed E-state index contributed by atoms with van der Waals surface area (Å²) < 4.78 is 6.86. The van der Waals surface area contributed by atoms with E-state index < -0.39 is 6.10 Å². The number of ether oxygens (including phenoxy) is 1. The average molecular weight is 282 g/mol. The molecule has 3 rings (SSSR count). The fourth-order valence-corrected chi connectivity index (χ4v) is 2.49. The number of rotatable bonds is 2. The first-order valence-corrected chi connectivity index (χ1v) is 6.69. The van der Waals surface area contributed by atoms with Crippen LogP contribution in [0.3, 0.4) is 0 Å². The van der Waals surface area contributed by atoms with E-state index in [0.29, 0.717) is 6.42 Å². The Morgan fingerprint density at radius 2 is 2.14 bits per heavy atom. The standard InChI is InChI=1S/C15H14N4O2/c16-8-11-9-18-19(14(11)17)15(20)13-7-6-12(21-13)10-4-2-1-3-5-10/h1-5,9,12-13H,6-7,17H2/t12-,13+/m0/s1. The van der Waals surface area contributed by atoms with Crippen LogP contribution in [0, 0.1) is 11.3 Å². The van der Waals surface area contributed by atoms with Gasteiger partial charge in [0, 0.05) is 0 Å². The summed E-state index contributed by atoms with van der Waals surface area (Å²) in [6.07, 6.45) is 2.00. The Labute approximate surface area is 121 Å². The number of anilines is 1. The second kappa shape index (κ2) is 5.38. The molecule has 6 heteroatoms. The molecule has 1 aliphatic heterocycles. The van der Waals surface area contributed by atoms with E-state index in [-0.39, 0.29) is 23.4 Å². The highest BCUT2D eigenvalue weighted by atomic mass is 16.5. The number of nitrogens with zero attached hydrogens (tertiary/aromatic N) is 3. The van der Waals surface area contributed by atoms with Crippen LogP contribution in [-0.4, -0.2) is 21.8 Å². The van der Waals surface area contributed by atoms with Crippen LogP contribution in [0.25, 0.3) is 0 Å². The Bertz CT molecular complexity index is 702. The van der Waals surface area contributed by atoms with Crippen LogP contribution < -0.4 is 5.73 Å². The third-order valence-electron chi connectivity index (χ3n) is 3.60. The van der Waals surface area contributed by atoms with Gasteiger partial charge in [0.2, 0.25) is 0 Å². The fraction of sp³-hybridized carbons (Fsp3) is 0.267. The molecule has 106 valence electrons. The minimum Gasteiger partial charge on any atom is -0.382 e. The lowest BCUT2D eigenvalue weighted by Crippen LogP contribution is -2.28. The number of nitriles is 1. The van der Waals surface area contributed by atoms with Crippen molar-refractivity contribution in [1.29, 1.82) is 5.26 Å². The Morgan fingerprint density at radius 1 is 1.38 bits per heavy atom. The second-order valence-corrected chi connectivity index (χ2v) is 4.91. The minimum absolute atomic E-state index is 0.0641. The van der Waals surface area contributed by atoms with Gasteiger partial charge in [-0.1, -0.05) is 30.3 Å². The normalized spacial score (nSPS) is 21.1. The van der Waals surface area contributed by atoms with Crippen molar-refractivity contribution in [3.8, 4) is 6.07 Å². The van der Waals surface area contributed by atoms with E-state index in [2.05, 4.69) is 5.10 Å². The summed E-state index contributed by atoms with van der Waals surface area (Å²) in [5.41, 5.74) is 6.98. The van der Waals surface area contributed by atoms with Crippen LogP contribution >= 0.6 is 0 Å². The van der Waals surface area contributed by atoms with E-state index in [1.165, 1.54) is 6.20 Å². The van der Waals surface area contributed by atoms with Crippen molar-refractivity contribution in [3.05, 3.63) is 47.7 Å². The van der Waals surface area contributed by atoms with Gasteiger partial charge in [0.1, 0.15) is 23.6 Å². The Kier molecular flexibility index (Phi) is 3.42. The van der Waals surface area contributed by atoms with E-state index in [0.717, 1.165) is 16.7 Å². The summed E-state index contributed by atoms with van der Waals surface area (Å²) in [6, 6.07) is 11.7. The number of nitrogens with two attached hydrogens (primary N) is 1. The van der Waals surface area contributed by atoms with Crippen molar-refractivity contribution in [2.75, 3.05) is 5.73 Å². The van der Waals surface area contributed by atoms with Gasteiger partial charge >= 0.3 is 0 Å². The van der Waals surface area contributed by atoms with Gasteiger partial charge in [-0.05, 0) is 18.4 Å². The molecule has 1 aromatic carbocycles. The molecule has 21 heavy (non-hydrogen) atoms. The Hall–Kier alpha value is -2.65. The minimum atomic E-state index is -0.580. The van der Waals surface area contributed by atoms with Crippen molar-refractivity contribution < 1.29 is 9.53 Å². The van der Waals surface area contributed by atoms with Crippen LogP contribution in [0.4, 0.5) is 5.82 Å². The Balaban J connectivity index is 1.76. The molecule has 2 atom stereocenters. The molecule has 1 aromatic heterocycles. The third-order valence-corrected chi connectivity index (χ3v) is 3.60. The van der Waals surface area contributed by atoms with Crippen molar-refractivity contribution >= 4 is 11.7 Å². The van der Waals surface area contributed by atoms with Gasteiger partial charge in [0.25, 0.3) is 5.91 Å². The monoisotopic (exact) mass is 282 g/mol. The number of carbonyl (C=O) groups is 1. The third kappa shape index (κ3) is 2.39. The molecule has 1 saturated heterocycles. The molecular weight excluding hydrogens is 268 g/mol. The first kappa shape index (κ1) is 13.3. The summed E-state index contributed by atoms with van der Waals surface area (Å²) in [4.78, 5) is 12.4. The summed E-state index contributed by atoms with van der Waals surface area (Å²) in [5, 5.41) is 12.7. The van der Waals surface area contributed by atoms with Crippen LogP contribution in [0.5, 0.6) is 0 Å². The molecule has 2 N–H and O–H groups in total. The zero-order chi connectivity index (χ0) is 14.8. The molecule has 0 bridgehead atoms. The zero-order valence-corrected chi connectivity index (χ0v) is 11.3. The first-order valence-electron chi connectivity index (χ1n) is 6.69. The van der Waals surface area contributed by atoms with Crippen molar-refractivity contribution in [2.45, 2.75) is 25.0 Å². The number of benzene rings is 1.